The molecule has 0 aliphatic carbocycles. The second-order valence-corrected chi connectivity index (χ2v) is 7.14. The molecule has 1 heterocycles. The number of hydrogen-bond donors (Lipinski definition) is 0. The van der Waals surface area contributed by atoms with Crippen LogP contribution < -0.4 is 4.74 Å². The van der Waals surface area contributed by atoms with E-state index < -0.39 is 25.0 Å². The predicted octanol–water partition coefficient (Wildman–Crippen LogP) is 5.07. The average Bonchev–Trinajstić information content (AvgIpc) is 3.17. The molecule has 0 saturated heterocycles. The number of esters is 1. The summed E-state index contributed by atoms with van der Waals surface area (Å²) in [5.74, 6) is -1.68. The van der Waals surface area contributed by atoms with E-state index >= 15 is 0 Å². The smallest absolute Gasteiger partial charge is 0.387 e. The Kier molecular flexibility index (Phi) is 6.33. The van der Waals surface area contributed by atoms with Gasteiger partial charge in [0.05, 0.1) is 5.56 Å². The molecule has 0 aliphatic rings. The van der Waals surface area contributed by atoms with Crippen molar-refractivity contribution in [3.8, 4) is 16.3 Å². The van der Waals surface area contributed by atoms with Gasteiger partial charge in [-0.25, -0.2) is 9.78 Å². The lowest BCUT2D eigenvalue weighted by Gasteiger charge is -2.11. The minimum absolute atomic E-state index is 0.0725. The molecular formula is C21H17F2NO4S. The summed E-state index contributed by atoms with van der Waals surface area (Å²) in [6.07, 6.45) is 0. The Balaban J connectivity index is 1.67. The molecule has 150 valence electrons. The number of ketones is 1. The van der Waals surface area contributed by atoms with Crippen molar-refractivity contribution in [2.45, 2.75) is 20.5 Å². The molecule has 0 saturated carbocycles. The first-order valence-corrected chi connectivity index (χ1v) is 9.50. The van der Waals surface area contributed by atoms with Gasteiger partial charge in [-0.3, -0.25) is 4.79 Å². The molecular weight excluding hydrogens is 400 g/mol. The van der Waals surface area contributed by atoms with Gasteiger partial charge in [0.15, 0.2) is 12.3 Å². The lowest BCUT2D eigenvalue weighted by atomic mass is 10.1. The van der Waals surface area contributed by atoms with Gasteiger partial charge < -0.3 is 9.47 Å². The van der Waals surface area contributed by atoms with Crippen molar-refractivity contribution in [1.29, 1.82) is 0 Å². The maximum atomic E-state index is 12.5. The lowest BCUT2D eigenvalue weighted by molar-refractivity contribution is -0.0502. The Labute approximate surface area is 169 Å². The number of carbonyl (C=O) groups excluding carboxylic acids is 2. The van der Waals surface area contributed by atoms with Crippen molar-refractivity contribution >= 4 is 23.1 Å². The number of benzene rings is 2. The number of hydrogen-bond acceptors (Lipinski definition) is 6. The molecule has 0 amide bonds. The number of halogens is 2. The van der Waals surface area contributed by atoms with Crippen LogP contribution in [0.4, 0.5) is 8.78 Å². The van der Waals surface area contributed by atoms with Crippen LogP contribution in [0, 0.1) is 13.8 Å². The molecule has 0 spiro atoms. The van der Waals surface area contributed by atoms with Gasteiger partial charge in [0.2, 0.25) is 5.78 Å². The number of alkyl halides is 2. The van der Waals surface area contributed by atoms with Gasteiger partial charge in [0, 0.05) is 10.9 Å². The maximum Gasteiger partial charge on any atom is 0.387 e. The number of Topliss-reactive ketones (excluding diaryl/α,β-unsaturated/α-hetero) is 1. The number of carbonyl (C=O) groups is 2. The number of aromatic nitrogens is 1. The van der Waals surface area contributed by atoms with Crippen molar-refractivity contribution in [2.75, 3.05) is 6.61 Å². The second kappa shape index (κ2) is 8.91. The lowest BCUT2D eigenvalue weighted by Crippen LogP contribution is -2.16. The van der Waals surface area contributed by atoms with E-state index in [4.69, 9.17) is 4.74 Å². The Morgan fingerprint density at radius 3 is 2.45 bits per heavy atom. The van der Waals surface area contributed by atoms with E-state index in [1.54, 1.807) is 18.4 Å². The molecule has 29 heavy (non-hydrogen) atoms. The Morgan fingerprint density at radius 2 is 1.76 bits per heavy atom. The van der Waals surface area contributed by atoms with Crippen LogP contribution in [-0.2, 0) is 4.74 Å². The summed E-state index contributed by atoms with van der Waals surface area (Å²) in [4.78, 5) is 28.8. The first-order valence-electron chi connectivity index (χ1n) is 8.62. The van der Waals surface area contributed by atoms with Crippen molar-refractivity contribution in [3.05, 3.63) is 70.2 Å². The van der Waals surface area contributed by atoms with Crippen LogP contribution in [0.2, 0.25) is 0 Å². The zero-order valence-corrected chi connectivity index (χ0v) is 16.5. The van der Waals surface area contributed by atoms with Crippen molar-refractivity contribution in [3.63, 3.8) is 0 Å². The summed E-state index contributed by atoms with van der Waals surface area (Å²) in [5, 5.41) is 2.19. The third-order valence-corrected chi connectivity index (χ3v) is 4.89. The minimum atomic E-state index is -3.07. The molecule has 5 nitrogen and oxygen atoms in total. The number of thiazole rings is 1. The molecule has 3 aromatic rings. The topological polar surface area (TPSA) is 65.5 Å². The van der Waals surface area contributed by atoms with Gasteiger partial charge in [-0.1, -0.05) is 41.5 Å². The third kappa shape index (κ3) is 5.23. The molecule has 3 rings (SSSR count). The number of ether oxygens (including phenoxy) is 2. The number of rotatable bonds is 7. The third-order valence-electron chi connectivity index (χ3n) is 4.00. The van der Waals surface area contributed by atoms with E-state index in [2.05, 4.69) is 9.72 Å². The highest BCUT2D eigenvalue weighted by molar-refractivity contribution is 7.13. The quantitative estimate of drug-likeness (QED) is 0.397. The van der Waals surface area contributed by atoms with Gasteiger partial charge in [0.25, 0.3) is 0 Å². The molecule has 0 bridgehead atoms. The fourth-order valence-corrected chi connectivity index (χ4v) is 3.33. The summed E-state index contributed by atoms with van der Waals surface area (Å²) in [6.45, 7) is -0.00456. The van der Waals surface area contributed by atoms with Gasteiger partial charge >= 0.3 is 12.6 Å². The summed E-state index contributed by atoms with van der Waals surface area (Å²) < 4.78 is 34.5. The molecule has 0 aliphatic heterocycles. The van der Waals surface area contributed by atoms with E-state index in [0.29, 0.717) is 10.6 Å². The van der Waals surface area contributed by atoms with Crippen LogP contribution in [0.1, 0.15) is 32.0 Å². The highest BCUT2D eigenvalue weighted by Crippen LogP contribution is 2.25. The Morgan fingerprint density at radius 1 is 1.07 bits per heavy atom. The second-order valence-electron chi connectivity index (χ2n) is 6.28. The van der Waals surface area contributed by atoms with Crippen molar-refractivity contribution in [2.24, 2.45) is 0 Å². The van der Waals surface area contributed by atoms with Crippen LogP contribution in [-0.4, -0.2) is 30.0 Å². The van der Waals surface area contributed by atoms with E-state index in [1.165, 1.54) is 23.5 Å². The van der Waals surface area contributed by atoms with Crippen LogP contribution in [0.5, 0.6) is 5.75 Å². The summed E-state index contributed by atoms with van der Waals surface area (Å²) >= 11 is 1.28. The van der Waals surface area contributed by atoms with E-state index in [1.807, 2.05) is 31.2 Å². The molecule has 0 atom stereocenters. The van der Waals surface area contributed by atoms with E-state index in [9.17, 15) is 18.4 Å². The first kappa shape index (κ1) is 20.6. The largest absolute Gasteiger partial charge is 0.453 e. The number of nitrogens with zero attached hydrogens (tertiary/aromatic N) is 1. The van der Waals surface area contributed by atoms with Crippen molar-refractivity contribution < 1.29 is 27.8 Å². The summed E-state index contributed by atoms with van der Waals surface area (Å²) in [7, 11) is 0. The molecule has 0 radical (unpaired) electrons. The Bertz CT molecular complexity index is 1030. The molecule has 0 fully saturated rings. The van der Waals surface area contributed by atoms with Gasteiger partial charge in [-0.15, -0.1) is 11.3 Å². The van der Waals surface area contributed by atoms with Crippen molar-refractivity contribution in [1.82, 2.24) is 4.98 Å². The number of aryl methyl sites for hydroxylation is 2. The zero-order chi connectivity index (χ0) is 21.0. The molecule has 0 N–H and O–H groups in total. The molecule has 8 heteroatoms. The first-order chi connectivity index (χ1) is 13.8. The molecule has 0 unspecified atom stereocenters. The summed E-state index contributed by atoms with van der Waals surface area (Å²) in [6, 6.07) is 11.9. The van der Waals surface area contributed by atoms with Gasteiger partial charge in [0.1, 0.15) is 10.8 Å². The minimum Gasteiger partial charge on any atom is -0.453 e. The molecule has 1 aromatic heterocycles. The SMILES string of the molecule is Cc1ccc(-c2nc(C(=O)OCC(=O)c3cc(C)ccc3OC(F)F)cs2)cc1. The standard InChI is InChI=1S/C21H17F2NO4S/c1-12-3-6-14(7-4-12)19-24-16(11-29-19)20(26)27-10-17(25)15-9-13(2)5-8-18(15)28-21(22)23/h3-9,11,21H,10H2,1-2H3. The highest BCUT2D eigenvalue weighted by Gasteiger charge is 2.19. The van der Waals surface area contributed by atoms with Crippen LogP contribution in [0.25, 0.3) is 10.6 Å². The van der Waals surface area contributed by atoms with Crippen LogP contribution in [0.15, 0.2) is 47.8 Å². The predicted molar refractivity (Wildman–Crippen MR) is 105 cm³/mol. The van der Waals surface area contributed by atoms with E-state index in [0.717, 1.165) is 11.1 Å². The van der Waals surface area contributed by atoms with Gasteiger partial charge in [-0.05, 0) is 26.0 Å². The summed E-state index contributed by atoms with van der Waals surface area (Å²) in [5.41, 5.74) is 2.66. The zero-order valence-electron chi connectivity index (χ0n) is 15.6. The average molecular weight is 417 g/mol. The highest BCUT2D eigenvalue weighted by atomic mass is 32.1. The Hall–Kier alpha value is -3.13. The van der Waals surface area contributed by atoms with Crippen LogP contribution >= 0.6 is 11.3 Å². The fourth-order valence-electron chi connectivity index (χ4n) is 2.54. The fraction of sp³-hybridized carbons (Fsp3) is 0.190. The van der Waals surface area contributed by atoms with Crippen LogP contribution in [0.3, 0.4) is 0 Å². The normalized spacial score (nSPS) is 10.8. The monoisotopic (exact) mass is 417 g/mol. The molecule has 2 aromatic carbocycles. The van der Waals surface area contributed by atoms with E-state index in [-0.39, 0.29) is 17.0 Å². The maximum absolute atomic E-state index is 12.5. The van der Waals surface area contributed by atoms with Gasteiger partial charge in [-0.2, -0.15) is 8.78 Å².